The number of rotatable bonds is 5. The van der Waals surface area contributed by atoms with Crippen LogP contribution in [-0.4, -0.2) is 33.8 Å². The number of ether oxygens (including phenoxy) is 1. The predicted octanol–water partition coefficient (Wildman–Crippen LogP) is 4.39. The average Bonchev–Trinajstić information content (AvgIpc) is 3.36. The molecule has 158 valence electrons. The van der Waals surface area contributed by atoms with E-state index in [1.165, 1.54) is 23.3 Å². The van der Waals surface area contributed by atoms with Crippen molar-refractivity contribution >= 4 is 28.8 Å². The summed E-state index contributed by atoms with van der Waals surface area (Å²) in [6.45, 7) is 4.05. The van der Waals surface area contributed by atoms with E-state index in [2.05, 4.69) is 4.98 Å². The number of pyridine rings is 1. The zero-order valence-corrected chi connectivity index (χ0v) is 18.3. The third-order valence-corrected chi connectivity index (χ3v) is 6.21. The molecule has 31 heavy (non-hydrogen) atoms. The van der Waals surface area contributed by atoms with E-state index in [0.717, 1.165) is 16.0 Å². The van der Waals surface area contributed by atoms with Crippen LogP contribution in [0.25, 0.3) is 5.76 Å². The van der Waals surface area contributed by atoms with Gasteiger partial charge in [-0.2, -0.15) is 0 Å². The van der Waals surface area contributed by atoms with Crippen molar-refractivity contribution < 1.29 is 19.4 Å². The number of aromatic nitrogens is 1. The molecule has 1 fully saturated rings. The van der Waals surface area contributed by atoms with Crippen LogP contribution in [0.5, 0.6) is 5.75 Å². The first-order valence-corrected chi connectivity index (χ1v) is 10.7. The molecule has 3 heterocycles. The predicted molar refractivity (Wildman–Crippen MR) is 119 cm³/mol. The molecule has 6 nitrogen and oxygen atoms in total. The average molecular weight is 435 g/mol. The number of likely N-dealkylation sites (tertiary alicyclic amines) is 1. The fourth-order valence-corrected chi connectivity index (χ4v) is 4.75. The molecular formula is C24H22N2O4S. The highest BCUT2D eigenvalue weighted by Crippen LogP contribution is 2.42. The topological polar surface area (TPSA) is 79.7 Å². The van der Waals surface area contributed by atoms with Crippen molar-refractivity contribution in [2.75, 3.05) is 7.11 Å². The second-order valence-electron chi connectivity index (χ2n) is 7.45. The third kappa shape index (κ3) is 3.72. The molecule has 0 saturated carbocycles. The lowest BCUT2D eigenvalue weighted by Gasteiger charge is -2.25. The Bertz CT molecular complexity index is 1170. The molecule has 1 N–H and O–H groups in total. The summed E-state index contributed by atoms with van der Waals surface area (Å²) in [5, 5.41) is 13.3. The normalized spacial score (nSPS) is 17.9. The van der Waals surface area contributed by atoms with Crippen molar-refractivity contribution in [3.8, 4) is 5.75 Å². The Morgan fingerprint density at radius 1 is 1.19 bits per heavy atom. The molecule has 3 aromatic rings. The SMILES string of the molecule is COc1c(C)cc(C)cc1/C(O)=C1\C(=O)C(=O)N(Cc2cccs2)C1c1ccncc1. The summed E-state index contributed by atoms with van der Waals surface area (Å²) in [5.74, 6) is -1.12. The van der Waals surface area contributed by atoms with Crippen LogP contribution >= 0.6 is 11.3 Å². The van der Waals surface area contributed by atoms with Crippen molar-refractivity contribution in [3.05, 3.63) is 86.9 Å². The lowest BCUT2D eigenvalue weighted by molar-refractivity contribution is -0.140. The quantitative estimate of drug-likeness (QED) is 0.366. The van der Waals surface area contributed by atoms with Gasteiger partial charge < -0.3 is 14.7 Å². The number of amides is 1. The number of carbonyl (C=O) groups is 2. The number of ketones is 1. The van der Waals surface area contributed by atoms with Gasteiger partial charge in [0.15, 0.2) is 0 Å². The number of aliphatic hydroxyl groups is 1. The van der Waals surface area contributed by atoms with Crippen LogP contribution in [0.15, 0.2) is 59.7 Å². The summed E-state index contributed by atoms with van der Waals surface area (Å²) in [6, 6.07) is 10.3. The molecule has 1 atom stereocenters. The molecule has 0 bridgehead atoms. The van der Waals surface area contributed by atoms with Crippen LogP contribution in [0.2, 0.25) is 0 Å². The van der Waals surface area contributed by atoms with Crippen LogP contribution in [0, 0.1) is 13.8 Å². The monoisotopic (exact) mass is 434 g/mol. The summed E-state index contributed by atoms with van der Waals surface area (Å²) in [4.78, 5) is 32.7. The second-order valence-corrected chi connectivity index (χ2v) is 8.48. The zero-order valence-electron chi connectivity index (χ0n) is 17.5. The molecule has 1 aliphatic rings. The van der Waals surface area contributed by atoms with Gasteiger partial charge in [0.05, 0.1) is 30.8 Å². The first-order chi connectivity index (χ1) is 14.9. The summed E-state index contributed by atoms with van der Waals surface area (Å²) in [5.41, 5.74) is 2.89. The van der Waals surface area contributed by atoms with E-state index >= 15 is 0 Å². The largest absolute Gasteiger partial charge is 0.507 e. The first kappa shape index (κ1) is 20.8. The molecule has 1 aliphatic heterocycles. The van der Waals surface area contributed by atoms with Crippen LogP contribution < -0.4 is 4.74 Å². The number of benzene rings is 1. The summed E-state index contributed by atoms with van der Waals surface area (Å²) in [6.07, 6.45) is 3.22. The van der Waals surface area contributed by atoms with E-state index in [9.17, 15) is 14.7 Å². The van der Waals surface area contributed by atoms with Crippen LogP contribution in [-0.2, 0) is 16.1 Å². The van der Waals surface area contributed by atoms with Gasteiger partial charge in [0.2, 0.25) is 0 Å². The number of aliphatic hydroxyl groups excluding tert-OH is 1. The van der Waals surface area contributed by atoms with Gasteiger partial charge in [-0.1, -0.05) is 12.1 Å². The number of aryl methyl sites for hydroxylation is 2. The van der Waals surface area contributed by atoms with E-state index in [1.807, 2.05) is 37.4 Å². The summed E-state index contributed by atoms with van der Waals surface area (Å²) < 4.78 is 5.51. The molecule has 2 aromatic heterocycles. The van der Waals surface area contributed by atoms with E-state index in [0.29, 0.717) is 16.9 Å². The molecule has 1 unspecified atom stereocenters. The van der Waals surface area contributed by atoms with E-state index < -0.39 is 17.7 Å². The highest BCUT2D eigenvalue weighted by atomic mass is 32.1. The highest BCUT2D eigenvalue weighted by molar-refractivity contribution is 7.09. The maximum atomic E-state index is 13.2. The van der Waals surface area contributed by atoms with Gasteiger partial charge in [-0.05, 0) is 60.2 Å². The number of hydrogen-bond acceptors (Lipinski definition) is 6. The fourth-order valence-electron chi connectivity index (χ4n) is 4.05. The first-order valence-electron chi connectivity index (χ1n) is 9.78. The van der Waals surface area contributed by atoms with Gasteiger partial charge in [0, 0.05) is 17.3 Å². The Kier molecular flexibility index (Phi) is 5.61. The number of Topliss-reactive ketones (excluding diaryl/α,β-unsaturated/α-hetero) is 1. The summed E-state index contributed by atoms with van der Waals surface area (Å²) >= 11 is 1.51. The minimum atomic E-state index is -0.726. The van der Waals surface area contributed by atoms with Crippen molar-refractivity contribution in [2.45, 2.75) is 26.4 Å². The maximum Gasteiger partial charge on any atom is 0.295 e. The number of hydrogen-bond donors (Lipinski definition) is 1. The smallest absolute Gasteiger partial charge is 0.295 e. The Labute approximate surface area is 184 Å². The minimum Gasteiger partial charge on any atom is -0.507 e. The fraction of sp³-hybridized carbons (Fsp3) is 0.208. The lowest BCUT2D eigenvalue weighted by Crippen LogP contribution is -2.28. The third-order valence-electron chi connectivity index (χ3n) is 5.35. The highest BCUT2D eigenvalue weighted by Gasteiger charge is 2.46. The Morgan fingerprint density at radius 3 is 2.58 bits per heavy atom. The van der Waals surface area contributed by atoms with Crippen LogP contribution in [0.4, 0.5) is 0 Å². The standard InChI is InChI=1S/C24H22N2O4S/c1-14-11-15(2)23(30-3)18(12-14)21(27)19-20(16-6-8-25-9-7-16)26(24(29)22(19)28)13-17-5-4-10-31-17/h4-12,20,27H,13H2,1-3H3/b21-19+. The van der Waals surface area contributed by atoms with Crippen molar-refractivity contribution in [2.24, 2.45) is 0 Å². The molecule has 0 spiro atoms. The Balaban J connectivity index is 1.93. The number of nitrogens with zero attached hydrogens (tertiary/aromatic N) is 2. The minimum absolute atomic E-state index is 0.0519. The molecule has 1 amide bonds. The van der Waals surface area contributed by atoms with Crippen LogP contribution in [0.3, 0.4) is 0 Å². The molecule has 7 heteroatoms. The Morgan fingerprint density at radius 2 is 1.94 bits per heavy atom. The molecule has 1 aromatic carbocycles. The van der Waals surface area contributed by atoms with Crippen molar-refractivity contribution in [1.82, 2.24) is 9.88 Å². The molecule has 4 rings (SSSR count). The summed E-state index contributed by atoms with van der Waals surface area (Å²) in [7, 11) is 1.52. The number of carbonyl (C=O) groups excluding carboxylic acids is 2. The number of methoxy groups -OCH3 is 1. The zero-order chi connectivity index (χ0) is 22.1. The number of thiophene rings is 1. The molecule has 0 radical (unpaired) electrons. The van der Waals surface area contributed by atoms with Gasteiger partial charge >= 0.3 is 0 Å². The van der Waals surface area contributed by atoms with Gasteiger partial charge in [0.25, 0.3) is 11.7 Å². The van der Waals surface area contributed by atoms with E-state index in [4.69, 9.17) is 4.74 Å². The Hall–Kier alpha value is -3.45. The van der Waals surface area contributed by atoms with Gasteiger partial charge in [0.1, 0.15) is 11.5 Å². The second kappa shape index (κ2) is 8.35. The molecule has 1 saturated heterocycles. The lowest BCUT2D eigenvalue weighted by atomic mass is 9.94. The van der Waals surface area contributed by atoms with Crippen molar-refractivity contribution in [1.29, 1.82) is 0 Å². The molecule has 0 aliphatic carbocycles. The van der Waals surface area contributed by atoms with Crippen LogP contribution in [0.1, 0.15) is 33.2 Å². The van der Waals surface area contributed by atoms with Gasteiger partial charge in [-0.3, -0.25) is 14.6 Å². The van der Waals surface area contributed by atoms with Gasteiger partial charge in [-0.25, -0.2) is 0 Å². The van der Waals surface area contributed by atoms with Crippen molar-refractivity contribution in [3.63, 3.8) is 0 Å². The molecular weight excluding hydrogens is 412 g/mol. The maximum absolute atomic E-state index is 13.2. The van der Waals surface area contributed by atoms with E-state index in [1.54, 1.807) is 30.6 Å². The van der Waals surface area contributed by atoms with E-state index in [-0.39, 0.29) is 17.9 Å². The van der Waals surface area contributed by atoms with Gasteiger partial charge in [-0.15, -0.1) is 11.3 Å².